The number of carboxylic acid groups (broad SMARTS) is 1. The number of ether oxygens (including phenoxy) is 1. The smallest absolute Gasteiger partial charge is 0.407 e. The summed E-state index contributed by atoms with van der Waals surface area (Å²) in [5.74, 6) is -0.310. The Morgan fingerprint density at radius 1 is 1.00 bits per heavy atom. The van der Waals surface area contributed by atoms with Crippen molar-refractivity contribution in [3.8, 4) is 0 Å². The minimum atomic E-state index is -1.15. The van der Waals surface area contributed by atoms with Gasteiger partial charge in [0.25, 0.3) is 0 Å². The van der Waals surface area contributed by atoms with Crippen LogP contribution >= 0.6 is 0 Å². The second-order valence-corrected chi connectivity index (χ2v) is 5.09. The van der Waals surface area contributed by atoms with Crippen molar-refractivity contribution in [2.24, 2.45) is 0 Å². The van der Waals surface area contributed by atoms with Crippen molar-refractivity contribution in [3.05, 3.63) is 0 Å². The number of carbonyl (C=O) groups is 2. The summed E-state index contributed by atoms with van der Waals surface area (Å²) in [6.07, 6.45) is 7.46. The number of hydrogen-bond donors (Lipinski definition) is 2. The summed E-state index contributed by atoms with van der Waals surface area (Å²) in [4.78, 5) is 22.2. The van der Waals surface area contributed by atoms with Gasteiger partial charge in [-0.3, -0.25) is 10.1 Å². The lowest BCUT2D eigenvalue weighted by atomic mass is 10.1. The van der Waals surface area contributed by atoms with E-state index in [1.807, 2.05) is 6.92 Å². The highest BCUT2D eigenvalue weighted by Gasteiger charge is 2.15. The predicted octanol–water partition coefficient (Wildman–Crippen LogP) is 4.06. The zero-order valence-corrected chi connectivity index (χ0v) is 12.8. The van der Waals surface area contributed by atoms with E-state index < -0.39 is 12.3 Å². The molecule has 0 aromatic carbocycles. The molecule has 0 heterocycles. The van der Waals surface area contributed by atoms with E-state index in [-0.39, 0.29) is 5.97 Å². The van der Waals surface area contributed by atoms with Crippen molar-refractivity contribution in [2.75, 3.05) is 0 Å². The van der Waals surface area contributed by atoms with Gasteiger partial charge in [0.1, 0.15) is 0 Å². The minimum Gasteiger partial charge on any atom is -0.465 e. The first-order valence-electron chi connectivity index (χ1n) is 7.79. The summed E-state index contributed by atoms with van der Waals surface area (Å²) >= 11 is 0. The molecule has 0 bridgehead atoms. The summed E-state index contributed by atoms with van der Waals surface area (Å²) in [7, 11) is 0. The standard InChI is InChI=1S/C15H29NO4/c1-3-5-7-8-9-10-12-14(17)20-13(11-6-4-2)16-15(18)19/h13,16H,3-12H2,1-2H3,(H,18,19). The second-order valence-electron chi connectivity index (χ2n) is 5.09. The molecule has 0 spiro atoms. The third-order valence-electron chi connectivity index (χ3n) is 3.11. The molecule has 2 N–H and O–H groups in total. The van der Waals surface area contributed by atoms with E-state index in [4.69, 9.17) is 9.84 Å². The van der Waals surface area contributed by atoms with E-state index >= 15 is 0 Å². The molecule has 5 heteroatoms. The zero-order chi connectivity index (χ0) is 15.2. The van der Waals surface area contributed by atoms with Gasteiger partial charge in [0.05, 0.1) is 0 Å². The first-order valence-corrected chi connectivity index (χ1v) is 7.79. The van der Waals surface area contributed by atoms with Crippen molar-refractivity contribution in [1.29, 1.82) is 0 Å². The molecular formula is C15H29NO4. The largest absolute Gasteiger partial charge is 0.465 e. The number of carbonyl (C=O) groups excluding carboxylic acids is 1. The van der Waals surface area contributed by atoms with Crippen LogP contribution in [0.2, 0.25) is 0 Å². The summed E-state index contributed by atoms with van der Waals surface area (Å²) in [6, 6.07) is 0. The van der Waals surface area contributed by atoms with Crippen molar-refractivity contribution >= 4 is 12.1 Å². The third-order valence-corrected chi connectivity index (χ3v) is 3.11. The minimum absolute atomic E-state index is 0.310. The Labute approximate surface area is 122 Å². The van der Waals surface area contributed by atoms with Crippen molar-refractivity contribution in [2.45, 2.75) is 84.3 Å². The van der Waals surface area contributed by atoms with Crippen LogP contribution in [0.4, 0.5) is 4.79 Å². The van der Waals surface area contributed by atoms with Crippen molar-refractivity contribution in [1.82, 2.24) is 5.32 Å². The second kappa shape index (κ2) is 12.8. The fourth-order valence-corrected chi connectivity index (χ4v) is 1.96. The van der Waals surface area contributed by atoms with Gasteiger partial charge in [-0.1, -0.05) is 52.4 Å². The molecule has 0 fully saturated rings. The van der Waals surface area contributed by atoms with E-state index in [1.54, 1.807) is 0 Å². The maximum Gasteiger partial charge on any atom is 0.407 e. The Hall–Kier alpha value is -1.26. The fourth-order valence-electron chi connectivity index (χ4n) is 1.96. The molecule has 118 valence electrons. The average Bonchev–Trinajstić information content (AvgIpc) is 2.39. The molecule has 0 aliphatic heterocycles. The normalized spacial score (nSPS) is 11.9. The van der Waals surface area contributed by atoms with Crippen LogP contribution in [0.25, 0.3) is 0 Å². The van der Waals surface area contributed by atoms with Crippen molar-refractivity contribution in [3.63, 3.8) is 0 Å². The highest BCUT2D eigenvalue weighted by Crippen LogP contribution is 2.09. The summed E-state index contributed by atoms with van der Waals surface area (Å²) in [5, 5.41) is 10.9. The monoisotopic (exact) mass is 287 g/mol. The molecular weight excluding hydrogens is 258 g/mol. The predicted molar refractivity (Wildman–Crippen MR) is 78.6 cm³/mol. The van der Waals surface area contributed by atoms with E-state index in [9.17, 15) is 9.59 Å². The average molecular weight is 287 g/mol. The van der Waals surface area contributed by atoms with E-state index in [1.165, 1.54) is 19.3 Å². The first kappa shape index (κ1) is 18.7. The molecule has 0 aliphatic carbocycles. The first-order chi connectivity index (χ1) is 9.60. The lowest BCUT2D eigenvalue weighted by Crippen LogP contribution is -2.37. The molecule has 5 nitrogen and oxygen atoms in total. The summed E-state index contributed by atoms with van der Waals surface area (Å²) < 4.78 is 5.16. The van der Waals surface area contributed by atoms with Gasteiger partial charge in [0.15, 0.2) is 6.23 Å². The Kier molecular flexibility index (Phi) is 12.0. The lowest BCUT2D eigenvalue weighted by Gasteiger charge is -2.17. The van der Waals surface area contributed by atoms with Crippen LogP contribution in [0.15, 0.2) is 0 Å². The molecule has 0 radical (unpaired) electrons. The molecule has 0 aromatic heterocycles. The van der Waals surface area contributed by atoms with Gasteiger partial charge >= 0.3 is 12.1 Å². The Morgan fingerprint density at radius 2 is 1.60 bits per heavy atom. The van der Waals surface area contributed by atoms with Gasteiger partial charge in [-0.25, -0.2) is 4.79 Å². The van der Waals surface area contributed by atoms with Crippen LogP contribution in [0.5, 0.6) is 0 Å². The summed E-state index contributed by atoms with van der Waals surface area (Å²) in [5.41, 5.74) is 0. The molecule has 20 heavy (non-hydrogen) atoms. The molecule has 1 atom stereocenters. The van der Waals surface area contributed by atoms with E-state index in [0.717, 1.165) is 32.1 Å². The van der Waals surface area contributed by atoms with Gasteiger partial charge in [-0.15, -0.1) is 0 Å². The maximum atomic E-state index is 11.6. The number of nitrogens with one attached hydrogen (secondary N) is 1. The topological polar surface area (TPSA) is 75.6 Å². The highest BCUT2D eigenvalue weighted by molar-refractivity contribution is 5.70. The summed E-state index contributed by atoms with van der Waals surface area (Å²) in [6.45, 7) is 4.18. The van der Waals surface area contributed by atoms with Gasteiger partial charge in [0.2, 0.25) is 0 Å². The van der Waals surface area contributed by atoms with E-state index in [2.05, 4.69) is 12.2 Å². The Bertz CT molecular complexity index is 269. The quantitative estimate of drug-likeness (QED) is 0.322. The molecule has 0 aliphatic rings. The Balaban J connectivity index is 3.79. The van der Waals surface area contributed by atoms with Crippen molar-refractivity contribution < 1.29 is 19.4 Å². The lowest BCUT2D eigenvalue weighted by molar-refractivity contribution is -0.150. The van der Waals surface area contributed by atoms with Gasteiger partial charge in [0, 0.05) is 12.8 Å². The highest BCUT2D eigenvalue weighted by atomic mass is 16.6. The van der Waals surface area contributed by atoms with Crippen LogP contribution in [-0.2, 0) is 9.53 Å². The number of amides is 1. The zero-order valence-electron chi connectivity index (χ0n) is 12.8. The van der Waals surface area contributed by atoms with Gasteiger partial charge in [-0.2, -0.15) is 0 Å². The molecule has 0 rings (SSSR count). The van der Waals surface area contributed by atoms with Crippen LogP contribution in [0.3, 0.4) is 0 Å². The van der Waals surface area contributed by atoms with Gasteiger partial charge in [-0.05, 0) is 12.8 Å². The molecule has 1 amide bonds. The SMILES string of the molecule is CCCCCCCCC(=O)OC(CCCC)NC(=O)O. The number of unbranched alkanes of at least 4 members (excludes halogenated alkanes) is 6. The fraction of sp³-hybridized carbons (Fsp3) is 0.867. The maximum absolute atomic E-state index is 11.6. The van der Waals surface area contributed by atoms with Crippen LogP contribution in [-0.4, -0.2) is 23.4 Å². The number of esters is 1. The number of rotatable bonds is 12. The van der Waals surface area contributed by atoms with Crippen LogP contribution in [0, 0.1) is 0 Å². The molecule has 0 aromatic rings. The third kappa shape index (κ3) is 11.8. The van der Waals surface area contributed by atoms with Crippen LogP contribution < -0.4 is 5.32 Å². The molecule has 0 saturated heterocycles. The van der Waals surface area contributed by atoms with E-state index in [0.29, 0.717) is 12.8 Å². The molecule has 0 saturated carbocycles. The van der Waals surface area contributed by atoms with Gasteiger partial charge < -0.3 is 9.84 Å². The Morgan fingerprint density at radius 3 is 2.20 bits per heavy atom. The molecule has 1 unspecified atom stereocenters. The van der Waals surface area contributed by atoms with Crippen LogP contribution in [0.1, 0.15) is 78.1 Å². The number of hydrogen-bond acceptors (Lipinski definition) is 3.